The second-order valence-corrected chi connectivity index (χ2v) is 28.1. The fourth-order valence-electron chi connectivity index (χ4n) is 11.9. The van der Waals surface area contributed by atoms with Crippen molar-refractivity contribution in [2.45, 2.75) is 426 Å². The van der Waals surface area contributed by atoms with Crippen molar-refractivity contribution < 1.29 is 34.3 Å². The van der Waals surface area contributed by atoms with Gasteiger partial charge in [0.15, 0.2) is 0 Å². The molecule has 0 amide bonds. The van der Waals surface area contributed by atoms with Crippen LogP contribution in [0.5, 0.6) is 0 Å². The molecule has 2 unspecified atom stereocenters. The van der Waals surface area contributed by atoms with Gasteiger partial charge in [0.05, 0.1) is 13.2 Å². The zero-order chi connectivity index (χ0) is 61.7. The Morgan fingerprint density at radius 2 is 0.412 bits per heavy atom. The van der Waals surface area contributed by atoms with E-state index < -0.39 is 20.8 Å². The van der Waals surface area contributed by atoms with Gasteiger partial charge >= 0.3 is 37.7 Å². The van der Waals surface area contributed by atoms with Gasteiger partial charge in [-0.2, -0.15) is 0 Å². The van der Waals surface area contributed by atoms with Crippen molar-refractivity contribution in [3.05, 3.63) is 24.3 Å². The summed E-state index contributed by atoms with van der Waals surface area (Å²) in [5.41, 5.74) is 0. The molecule has 85 heavy (non-hydrogen) atoms. The van der Waals surface area contributed by atoms with Crippen molar-refractivity contribution in [2.24, 2.45) is 11.8 Å². The first kappa shape index (κ1) is 89.7. The topological polar surface area (TPSA) is 133 Å². The number of allylic oxidation sites excluding steroid dienone is 2. The predicted molar refractivity (Wildman–Crippen MR) is 371 cm³/mol. The first-order chi connectivity index (χ1) is 41.0. The van der Waals surface area contributed by atoms with E-state index >= 15 is 0 Å². The third-order valence-corrected chi connectivity index (χ3v) is 18.3. The number of hydrogen-bond donors (Lipinski definition) is 0. The van der Waals surface area contributed by atoms with Crippen LogP contribution in [0.25, 0.3) is 0 Å². The summed E-state index contributed by atoms with van der Waals surface area (Å²) in [6.07, 6.45) is 90.7. The maximum Gasteiger partial charge on any atom is 2.00 e. The average molecular weight is 1270 g/mol. The molecule has 2 atom stereocenters. The zero-order valence-corrected chi connectivity index (χ0v) is 61.3. The minimum absolute atomic E-state index is 0. The van der Waals surface area contributed by atoms with Crippen molar-refractivity contribution in [1.29, 1.82) is 0 Å². The Kier molecular flexibility index (Phi) is 79.3. The SMILES string of the molecule is CCCCCCCCCCCCCCCCCCC/C=C/C(CCCCCCCCCCCCCC)COS(=O)(=O)[O-].CCCCCCCCCCCCCCCCCCC/C=C/C(CCCCCCCCCCCCCC)COS(=O)(=O)[O-].[Ca+2]. The van der Waals surface area contributed by atoms with Gasteiger partial charge in [-0.15, -0.1) is 0 Å². The van der Waals surface area contributed by atoms with E-state index in [0.717, 1.165) is 38.5 Å². The maximum absolute atomic E-state index is 11.0. The zero-order valence-electron chi connectivity index (χ0n) is 57.5. The van der Waals surface area contributed by atoms with Gasteiger partial charge in [0.1, 0.15) is 0 Å². The Labute approximate surface area is 563 Å². The normalized spacial score (nSPS) is 12.8. The molecular weight excluding hydrogens is 1120 g/mol. The molecular formula is C74H146CaO8S2. The first-order valence-electron chi connectivity index (χ1n) is 37.5. The van der Waals surface area contributed by atoms with Gasteiger partial charge in [0, 0.05) is 11.8 Å². The summed E-state index contributed by atoms with van der Waals surface area (Å²) in [5, 5.41) is 0. The first-order valence-corrected chi connectivity index (χ1v) is 40.2. The summed E-state index contributed by atoms with van der Waals surface area (Å²) in [6.45, 7) is 9.07. The molecule has 0 aliphatic carbocycles. The standard InChI is InChI=1S/2C37H74O4S.Ca/c2*1-3-5-7-9-11-13-15-17-18-19-20-21-22-23-25-27-29-31-33-35-37(36-41-42(38,39)40)34-32-30-28-26-24-16-14-12-10-8-6-4-2;/h2*33,35,37H,3-32,34,36H2,1-2H3,(H,38,39,40);/q;;+2/p-2/b2*35-33+;. The number of rotatable bonds is 70. The third kappa shape index (κ3) is 84.5. The molecule has 0 bridgehead atoms. The van der Waals surface area contributed by atoms with Crippen LogP contribution in [0.1, 0.15) is 426 Å². The average Bonchev–Trinajstić information content (AvgIpc) is 3.47. The van der Waals surface area contributed by atoms with E-state index in [0.29, 0.717) is 0 Å². The van der Waals surface area contributed by atoms with E-state index in [9.17, 15) is 25.9 Å². The van der Waals surface area contributed by atoms with E-state index in [1.807, 2.05) is 0 Å². The second kappa shape index (κ2) is 75.2. The van der Waals surface area contributed by atoms with Gasteiger partial charge in [0.2, 0.25) is 20.8 Å². The van der Waals surface area contributed by atoms with Crippen LogP contribution in [0, 0.1) is 11.8 Å². The van der Waals surface area contributed by atoms with Gasteiger partial charge in [-0.05, 0) is 38.5 Å². The molecule has 0 radical (unpaired) electrons. The van der Waals surface area contributed by atoms with E-state index in [-0.39, 0.29) is 62.8 Å². The van der Waals surface area contributed by atoms with Crippen molar-refractivity contribution >= 4 is 58.5 Å². The second-order valence-electron chi connectivity index (χ2n) is 26.0. The largest absolute Gasteiger partial charge is 2.00 e. The van der Waals surface area contributed by atoms with Crippen molar-refractivity contribution in [3.63, 3.8) is 0 Å². The molecule has 0 aliphatic rings. The Bertz CT molecular complexity index is 1410. The molecule has 0 N–H and O–H groups in total. The number of unbranched alkanes of at least 4 members (excludes halogenated alkanes) is 56. The Hall–Kier alpha value is 0.480. The van der Waals surface area contributed by atoms with Crippen LogP contribution < -0.4 is 0 Å². The minimum Gasteiger partial charge on any atom is -0.726 e. The molecule has 0 aliphatic heterocycles. The van der Waals surface area contributed by atoms with Crippen molar-refractivity contribution in [1.82, 2.24) is 0 Å². The summed E-state index contributed by atoms with van der Waals surface area (Å²) in [6, 6.07) is 0. The molecule has 0 heterocycles. The molecule has 0 aromatic heterocycles. The molecule has 504 valence electrons. The summed E-state index contributed by atoms with van der Waals surface area (Å²) in [5.74, 6) is 0.0327. The monoisotopic (exact) mass is 1270 g/mol. The molecule has 0 aromatic carbocycles. The van der Waals surface area contributed by atoms with E-state index in [1.54, 1.807) is 0 Å². The van der Waals surface area contributed by atoms with Crippen LogP contribution in [0.2, 0.25) is 0 Å². The van der Waals surface area contributed by atoms with E-state index in [2.05, 4.69) is 60.4 Å². The molecule has 0 aromatic rings. The molecule has 0 fully saturated rings. The van der Waals surface area contributed by atoms with Gasteiger partial charge in [-0.1, -0.05) is 412 Å². The summed E-state index contributed by atoms with van der Waals surface area (Å²) < 4.78 is 75.0. The smallest absolute Gasteiger partial charge is 0.726 e. The third-order valence-electron chi connectivity index (χ3n) is 17.5. The molecule has 0 saturated heterocycles. The Morgan fingerprint density at radius 3 is 0.576 bits per heavy atom. The molecule has 0 spiro atoms. The van der Waals surface area contributed by atoms with Crippen LogP contribution in [0.4, 0.5) is 0 Å². The van der Waals surface area contributed by atoms with Crippen LogP contribution in [0.15, 0.2) is 24.3 Å². The summed E-state index contributed by atoms with van der Waals surface area (Å²) in [7, 11) is -9.25. The van der Waals surface area contributed by atoms with Crippen LogP contribution >= 0.6 is 0 Å². The van der Waals surface area contributed by atoms with Crippen molar-refractivity contribution in [3.8, 4) is 0 Å². The van der Waals surface area contributed by atoms with Crippen LogP contribution in [-0.2, 0) is 29.2 Å². The van der Waals surface area contributed by atoms with E-state index in [1.165, 1.54) is 360 Å². The molecule has 0 rings (SSSR count). The van der Waals surface area contributed by atoms with Crippen LogP contribution in [-0.4, -0.2) is 76.9 Å². The van der Waals surface area contributed by atoms with Gasteiger partial charge in [0.25, 0.3) is 0 Å². The fraction of sp³-hybridized carbons (Fsp3) is 0.946. The maximum atomic E-state index is 11.0. The fourth-order valence-corrected chi connectivity index (χ4v) is 12.5. The van der Waals surface area contributed by atoms with E-state index in [4.69, 9.17) is 0 Å². The quantitative estimate of drug-likeness (QED) is 0.0193. The van der Waals surface area contributed by atoms with Crippen molar-refractivity contribution in [2.75, 3.05) is 13.2 Å². The number of hydrogen-bond acceptors (Lipinski definition) is 8. The molecule has 0 saturated carbocycles. The van der Waals surface area contributed by atoms with Gasteiger partial charge < -0.3 is 9.11 Å². The van der Waals surface area contributed by atoms with Gasteiger partial charge in [-0.3, -0.25) is 8.37 Å². The summed E-state index contributed by atoms with van der Waals surface area (Å²) >= 11 is 0. The van der Waals surface area contributed by atoms with Crippen LogP contribution in [0.3, 0.4) is 0 Å². The Morgan fingerprint density at radius 1 is 0.259 bits per heavy atom. The summed E-state index contributed by atoms with van der Waals surface area (Å²) in [4.78, 5) is 0. The predicted octanol–water partition coefficient (Wildman–Crippen LogP) is 25.2. The van der Waals surface area contributed by atoms with Gasteiger partial charge in [-0.25, -0.2) is 16.8 Å². The molecule has 8 nitrogen and oxygen atoms in total. The molecule has 11 heteroatoms. The minimum atomic E-state index is -4.62. The Balaban J connectivity index is -0.00000156.